The van der Waals surface area contributed by atoms with Crippen molar-refractivity contribution in [2.75, 3.05) is 5.32 Å². The Morgan fingerprint density at radius 3 is 1.88 bits per heavy atom. The van der Waals surface area contributed by atoms with Gasteiger partial charge in [-0.1, -0.05) is 0 Å². The van der Waals surface area contributed by atoms with Crippen LogP contribution in [0.2, 0.25) is 0 Å². The van der Waals surface area contributed by atoms with E-state index in [9.17, 15) is 9.59 Å². The third kappa shape index (κ3) is 8.08. The summed E-state index contributed by atoms with van der Waals surface area (Å²) >= 11 is 0. The fourth-order valence-corrected chi connectivity index (χ4v) is 0.436. The predicted molar refractivity (Wildman–Crippen MR) is 52.2 cm³/mol. The van der Waals surface area contributed by atoms with E-state index >= 15 is 0 Å². The summed E-state index contributed by atoms with van der Waals surface area (Å²) in [5.41, 5.74) is 6.28. The molecule has 9 nitrogen and oxygen atoms in total. The molecule has 0 spiro atoms. The molecular formula is C7H9CuN5O4. The Labute approximate surface area is 107 Å². The molecule has 0 saturated carbocycles. The molecule has 1 radical (unpaired) electrons. The minimum atomic E-state index is -2.05. The molecule has 0 saturated heterocycles. The SMILES string of the molecule is [CH2-]Nc1ncncn1.[Cu+2].[NH-]C(C(=O)O)C(=O)O. The number of hydrogen-bond donors (Lipinski definition) is 3. The van der Waals surface area contributed by atoms with Crippen molar-refractivity contribution in [3.05, 3.63) is 25.4 Å². The van der Waals surface area contributed by atoms with Gasteiger partial charge < -0.3 is 21.3 Å². The second kappa shape index (κ2) is 9.46. The summed E-state index contributed by atoms with van der Waals surface area (Å²) in [6.45, 7) is 0. The molecule has 97 valence electrons. The van der Waals surface area contributed by atoms with Crippen LogP contribution in [0, 0.1) is 7.05 Å². The zero-order valence-electron chi connectivity index (χ0n) is 8.29. The molecule has 1 heterocycles. The van der Waals surface area contributed by atoms with Crippen LogP contribution in [0.25, 0.3) is 5.73 Å². The molecular weight excluding hydrogens is 282 g/mol. The van der Waals surface area contributed by atoms with Gasteiger partial charge in [0.2, 0.25) is 0 Å². The molecule has 4 N–H and O–H groups in total. The third-order valence-electron chi connectivity index (χ3n) is 1.15. The van der Waals surface area contributed by atoms with E-state index < -0.39 is 18.0 Å². The second-order valence-electron chi connectivity index (χ2n) is 2.25. The van der Waals surface area contributed by atoms with Crippen LogP contribution in [0.3, 0.4) is 0 Å². The quantitative estimate of drug-likeness (QED) is 0.388. The molecule has 17 heavy (non-hydrogen) atoms. The molecule has 0 unspecified atom stereocenters. The Bertz CT molecular complexity index is 335. The fraction of sp³-hybridized carbons (Fsp3) is 0.143. The summed E-state index contributed by atoms with van der Waals surface area (Å²) in [6, 6.07) is -2.05. The van der Waals surface area contributed by atoms with Gasteiger partial charge in [-0.25, -0.2) is 15.0 Å². The van der Waals surface area contributed by atoms with Gasteiger partial charge in [0.25, 0.3) is 11.9 Å². The summed E-state index contributed by atoms with van der Waals surface area (Å²) in [7, 11) is 3.35. The maximum Gasteiger partial charge on any atom is 2.00 e. The summed E-state index contributed by atoms with van der Waals surface area (Å²) in [5.74, 6) is -2.80. The predicted octanol–water partition coefficient (Wildman–Crippen LogP) is -0.351. The Kier molecular flexibility index (Phi) is 9.80. The van der Waals surface area contributed by atoms with E-state index in [-0.39, 0.29) is 17.1 Å². The van der Waals surface area contributed by atoms with Crippen LogP contribution in [0.5, 0.6) is 0 Å². The van der Waals surface area contributed by atoms with Crippen LogP contribution in [0.4, 0.5) is 5.95 Å². The monoisotopic (exact) mass is 290 g/mol. The van der Waals surface area contributed by atoms with Crippen molar-refractivity contribution >= 4 is 17.9 Å². The molecule has 0 bridgehead atoms. The van der Waals surface area contributed by atoms with E-state index in [2.05, 4.69) is 27.3 Å². The van der Waals surface area contributed by atoms with Crippen molar-refractivity contribution in [1.29, 1.82) is 0 Å². The van der Waals surface area contributed by atoms with E-state index in [0.717, 1.165) is 0 Å². The zero-order chi connectivity index (χ0) is 12.6. The van der Waals surface area contributed by atoms with Gasteiger partial charge in [-0.05, 0) is 0 Å². The Morgan fingerprint density at radius 2 is 1.71 bits per heavy atom. The number of rotatable bonds is 3. The van der Waals surface area contributed by atoms with Crippen LogP contribution in [-0.2, 0) is 26.7 Å². The van der Waals surface area contributed by atoms with Crippen molar-refractivity contribution in [2.45, 2.75) is 6.04 Å². The van der Waals surface area contributed by atoms with Crippen LogP contribution >= 0.6 is 0 Å². The topological polar surface area (TPSA) is 149 Å². The first-order valence-electron chi connectivity index (χ1n) is 3.81. The van der Waals surface area contributed by atoms with Crippen molar-refractivity contribution in [1.82, 2.24) is 15.0 Å². The first kappa shape index (κ1) is 17.6. The number of anilines is 1. The number of aromatic nitrogens is 3. The zero-order valence-corrected chi connectivity index (χ0v) is 9.23. The molecule has 1 aromatic rings. The average molecular weight is 291 g/mol. The summed E-state index contributed by atoms with van der Waals surface area (Å²) in [5, 5.41) is 18.1. The molecule has 0 aromatic carbocycles. The van der Waals surface area contributed by atoms with E-state index in [4.69, 9.17) is 15.9 Å². The normalized spacial score (nSPS) is 8.41. The standard InChI is InChI=1S/C4H5N4.C3H4NO4.Cu/c1-5-4-7-2-6-3-8-4;4-1(2(5)6)3(7)8;/h2-3H,1H2,(H,5,6,7,8);1,4H,(H,5,6)(H,7,8);/q2*-1;+2. The maximum absolute atomic E-state index is 9.57. The first-order chi connectivity index (χ1) is 7.49. The number of carbonyl (C=O) groups is 2. The second-order valence-corrected chi connectivity index (χ2v) is 2.25. The molecule has 0 amide bonds. The Balaban J connectivity index is 0. The van der Waals surface area contributed by atoms with E-state index in [1.807, 2.05) is 0 Å². The molecule has 0 aliphatic carbocycles. The number of carboxylic acids is 2. The fourth-order valence-electron chi connectivity index (χ4n) is 0.436. The molecule has 1 aromatic heterocycles. The van der Waals surface area contributed by atoms with Crippen molar-refractivity contribution in [3.8, 4) is 0 Å². The molecule has 0 aliphatic rings. The van der Waals surface area contributed by atoms with Gasteiger partial charge in [0.05, 0.1) is 6.04 Å². The summed E-state index contributed by atoms with van der Waals surface area (Å²) < 4.78 is 0. The van der Waals surface area contributed by atoms with Crippen LogP contribution in [0.15, 0.2) is 12.7 Å². The van der Waals surface area contributed by atoms with Gasteiger partial charge in [-0.2, -0.15) is 0 Å². The molecule has 0 atom stereocenters. The van der Waals surface area contributed by atoms with Gasteiger partial charge in [0.1, 0.15) is 12.7 Å². The molecule has 0 fully saturated rings. The molecule has 0 aliphatic heterocycles. The number of nitrogens with zero attached hydrogens (tertiary/aromatic N) is 3. The van der Waals surface area contributed by atoms with Crippen LogP contribution < -0.4 is 5.32 Å². The number of nitrogens with one attached hydrogen (secondary N) is 2. The van der Waals surface area contributed by atoms with E-state index in [1.165, 1.54) is 12.7 Å². The van der Waals surface area contributed by atoms with Crippen molar-refractivity contribution < 1.29 is 36.9 Å². The summed E-state index contributed by atoms with van der Waals surface area (Å²) in [6.07, 6.45) is 2.81. The van der Waals surface area contributed by atoms with E-state index in [0.29, 0.717) is 5.95 Å². The van der Waals surface area contributed by atoms with Crippen LogP contribution in [-0.4, -0.2) is 43.1 Å². The van der Waals surface area contributed by atoms with E-state index in [1.54, 1.807) is 0 Å². The van der Waals surface area contributed by atoms with Gasteiger partial charge in [-0.15, -0.1) is 0 Å². The van der Waals surface area contributed by atoms with Crippen molar-refractivity contribution in [2.24, 2.45) is 0 Å². The van der Waals surface area contributed by atoms with Gasteiger partial charge in [0, 0.05) is 0 Å². The average Bonchev–Trinajstić information content (AvgIpc) is 2.29. The maximum atomic E-state index is 9.57. The Hall–Kier alpha value is -1.77. The molecule has 10 heteroatoms. The summed E-state index contributed by atoms with van der Waals surface area (Å²) in [4.78, 5) is 30.2. The smallest absolute Gasteiger partial charge is 0.656 e. The number of carboxylic acid groups (broad SMARTS) is 2. The number of hydrogen-bond acceptors (Lipinski definition) is 6. The molecule has 1 rings (SSSR count). The van der Waals surface area contributed by atoms with Gasteiger partial charge >= 0.3 is 17.1 Å². The van der Waals surface area contributed by atoms with Gasteiger partial charge in [-0.3, -0.25) is 16.6 Å². The number of aliphatic carboxylic acids is 2. The minimum absolute atomic E-state index is 0. The third-order valence-corrected chi connectivity index (χ3v) is 1.15. The first-order valence-corrected chi connectivity index (χ1v) is 3.81. The van der Waals surface area contributed by atoms with Crippen molar-refractivity contribution in [3.63, 3.8) is 0 Å². The van der Waals surface area contributed by atoms with Crippen LogP contribution in [0.1, 0.15) is 0 Å². The minimum Gasteiger partial charge on any atom is -0.656 e. The van der Waals surface area contributed by atoms with Gasteiger partial charge in [0.15, 0.2) is 5.95 Å². The Morgan fingerprint density at radius 1 is 1.29 bits per heavy atom. The largest absolute Gasteiger partial charge is 2.00 e.